The lowest BCUT2D eigenvalue weighted by Crippen LogP contribution is -2.40. The minimum Gasteiger partial charge on any atom is -0.432 e. The Bertz CT molecular complexity index is 343. The van der Waals surface area contributed by atoms with E-state index in [1.54, 1.807) is 6.26 Å². The molecule has 0 N–H and O–H groups in total. The summed E-state index contributed by atoms with van der Waals surface area (Å²) in [4.78, 5) is 6.48. The van der Waals surface area contributed by atoms with Crippen LogP contribution in [-0.2, 0) is 10.6 Å². The Hall–Kier alpha value is -0.740. The number of aromatic nitrogens is 1. The fourth-order valence-electron chi connectivity index (χ4n) is 2.04. The van der Waals surface area contributed by atoms with Crippen molar-refractivity contribution in [3.63, 3.8) is 0 Å². The highest BCUT2D eigenvalue weighted by atomic mass is 35.5. The predicted molar refractivity (Wildman–Crippen MR) is 67.5 cm³/mol. The molecule has 0 bridgehead atoms. The van der Waals surface area contributed by atoms with Gasteiger partial charge in [-0.05, 0) is 19.3 Å². The molecule has 0 aliphatic carbocycles. The van der Waals surface area contributed by atoms with Crippen molar-refractivity contribution in [2.75, 3.05) is 24.6 Å². The van der Waals surface area contributed by atoms with Gasteiger partial charge in [0.05, 0.1) is 17.7 Å². The summed E-state index contributed by atoms with van der Waals surface area (Å²) >= 11 is 5.71. The van der Waals surface area contributed by atoms with Crippen molar-refractivity contribution in [2.45, 2.75) is 38.2 Å². The van der Waals surface area contributed by atoms with Crippen molar-refractivity contribution >= 4 is 17.6 Å². The molecule has 0 amide bonds. The summed E-state index contributed by atoms with van der Waals surface area (Å²) in [7, 11) is 0. The second-order valence-electron chi connectivity index (χ2n) is 4.34. The number of anilines is 1. The fourth-order valence-corrected chi connectivity index (χ4v) is 2.16. The number of nitrogens with zero attached hydrogens (tertiary/aromatic N) is 2. The maximum absolute atomic E-state index is 5.78. The lowest BCUT2D eigenvalue weighted by molar-refractivity contribution is 0.0431. The zero-order valence-electron chi connectivity index (χ0n) is 10.2. The fraction of sp³-hybridized carbons (Fsp3) is 0.750. The molecule has 1 aromatic heterocycles. The average molecular weight is 259 g/mol. The zero-order chi connectivity index (χ0) is 12.1. The van der Waals surface area contributed by atoms with Gasteiger partial charge in [-0.2, -0.15) is 4.98 Å². The van der Waals surface area contributed by atoms with Crippen molar-refractivity contribution < 1.29 is 9.15 Å². The molecule has 0 spiro atoms. The number of alkyl halides is 1. The van der Waals surface area contributed by atoms with Gasteiger partial charge in [0.2, 0.25) is 0 Å². The van der Waals surface area contributed by atoms with Crippen LogP contribution in [0.5, 0.6) is 0 Å². The Morgan fingerprint density at radius 2 is 2.53 bits per heavy atom. The van der Waals surface area contributed by atoms with E-state index in [2.05, 4.69) is 16.8 Å². The first kappa shape index (κ1) is 12.7. The number of oxazole rings is 1. The summed E-state index contributed by atoms with van der Waals surface area (Å²) in [6.45, 7) is 4.80. The smallest absolute Gasteiger partial charge is 0.297 e. The maximum atomic E-state index is 5.78. The molecule has 17 heavy (non-hydrogen) atoms. The van der Waals surface area contributed by atoms with E-state index in [0.29, 0.717) is 18.0 Å². The first-order valence-electron chi connectivity index (χ1n) is 6.20. The van der Waals surface area contributed by atoms with Gasteiger partial charge in [-0.3, -0.25) is 0 Å². The third-order valence-electron chi connectivity index (χ3n) is 2.88. The topological polar surface area (TPSA) is 38.5 Å². The summed E-state index contributed by atoms with van der Waals surface area (Å²) in [5, 5.41) is 0. The molecule has 1 saturated heterocycles. The van der Waals surface area contributed by atoms with Crippen LogP contribution < -0.4 is 4.90 Å². The predicted octanol–water partition coefficient (Wildman–Crippen LogP) is 2.81. The van der Waals surface area contributed by atoms with Gasteiger partial charge in [0, 0.05) is 19.7 Å². The molecule has 2 heterocycles. The summed E-state index contributed by atoms with van der Waals surface area (Å²) in [5.74, 6) is 0.396. The van der Waals surface area contributed by atoms with Crippen LogP contribution in [0.1, 0.15) is 31.9 Å². The highest BCUT2D eigenvalue weighted by molar-refractivity contribution is 6.16. The number of hydrogen-bond acceptors (Lipinski definition) is 4. The minimum absolute atomic E-state index is 0.301. The van der Waals surface area contributed by atoms with Crippen molar-refractivity contribution in [2.24, 2.45) is 0 Å². The van der Waals surface area contributed by atoms with E-state index < -0.39 is 0 Å². The van der Waals surface area contributed by atoms with Gasteiger partial charge in [0.1, 0.15) is 6.26 Å². The Kier molecular flexibility index (Phi) is 4.68. The molecular weight excluding hydrogens is 240 g/mol. The molecule has 5 heteroatoms. The molecule has 96 valence electrons. The molecule has 1 aliphatic heterocycles. The standard InChI is InChI=1S/C12H19ClN2O2/c1-2-6-16-11-4-3-5-15(8-11)12-14-10(7-13)9-17-12/h9,11H,2-8H2,1H3. The van der Waals surface area contributed by atoms with Crippen LogP contribution in [0.25, 0.3) is 0 Å². The second kappa shape index (κ2) is 6.26. The van der Waals surface area contributed by atoms with Crippen LogP contribution in [0.2, 0.25) is 0 Å². The summed E-state index contributed by atoms with van der Waals surface area (Å²) in [6.07, 6.45) is 5.23. The average Bonchev–Trinajstić information content (AvgIpc) is 2.85. The first-order chi connectivity index (χ1) is 8.33. The molecule has 1 unspecified atom stereocenters. The third kappa shape index (κ3) is 3.36. The minimum atomic E-state index is 0.301. The molecule has 2 rings (SSSR count). The van der Waals surface area contributed by atoms with E-state index >= 15 is 0 Å². The Morgan fingerprint density at radius 1 is 1.65 bits per heavy atom. The zero-order valence-corrected chi connectivity index (χ0v) is 10.9. The lowest BCUT2D eigenvalue weighted by Gasteiger charge is -2.31. The van der Waals surface area contributed by atoms with Gasteiger partial charge in [-0.25, -0.2) is 0 Å². The van der Waals surface area contributed by atoms with Crippen LogP contribution >= 0.6 is 11.6 Å². The van der Waals surface area contributed by atoms with E-state index in [-0.39, 0.29) is 0 Å². The molecule has 4 nitrogen and oxygen atoms in total. The van der Waals surface area contributed by atoms with E-state index in [1.165, 1.54) is 0 Å². The SMILES string of the molecule is CCCOC1CCCN(c2nc(CCl)co2)C1. The van der Waals surface area contributed by atoms with Gasteiger partial charge < -0.3 is 14.1 Å². The largest absolute Gasteiger partial charge is 0.432 e. The third-order valence-corrected chi connectivity index (χ3v) is 3.16. The van der Waals surface area contributed by atoms with E-state index in [1.807, 2.05) is 0 Å². The molecule has 0 radical (unpaired) electrons. The number of hydrogen-bond donors (Lipinski definition) is 0. The maximum Gasteiger partial charge on any atom is 0.297 e. The molecule has 1 atom stereocenters. The molecule has 0 aromatic carbocycles. The van der Waals surface area contributed by atoms with Gasteiger partial charge in [-0.1, -0.05) is 6.92 Å². The van der Waals surface area contributed by atoms with Crippen LogP contribution in [0.4, 0.5) is 6.01 Å². The van der Waals surface area contributed by atoms with E-state index in [9.17, 15) is 0 Å². The number of piperidine rings is 1. The van der Waals surface area contributed by atoms with Crippen LogP contribution in [0.15, 0.2) is 10.7 Å². The number of halogens is 1. The molecule has 1 aromatic rings. The highest BCUT2D eigenvalue weighted by Gasteiger charge is 2.23. The lowest BCUT2D eigenvalue weighted by atomic mass is 10.1. The van der Waals surface area contributed by atoms with Crippen LogP contribution in [-0.4, -0.2) is 30.8 Å². The Morgan fingerprint density at radius 3 is 3.24 bits per heavy atom. The van der Waals surface area contributed by atoms with E-state index in [4.69, 9.17) is 20.8 Å². The second-order valence-corrected chi connectivity index (χ2v) is 4.60. The van der Waals surface area contributed by atoms with Crippen molar-refractivity contribution in [1.29, 1.82) is 0 Å². The first-order valence-corrected chi connectivity index (χ1v) is 6.74. The number of rotatable bonds is 5. The Balaban J connectivity index is 1.92. The molecule has 1 aliphatic rings. The van der Waals surface area contributed by atoms with Crippen molar-refractivity contribution in [1.82, 2.24) is 4.98 Å². The highest BCUT2D eigenvalue weighted by Crippen LogP contribution is 2.21. The van der Waals surface area contributed by atoms with Gasteiger partial charge >= 0.3 is 0 Å². The summed E-state index contributed by atoms with van der Waals surface area (Å²) in [6, 6.07) is 0.672. The molecule has 1 fully saturated rings. The van der Waals surface area contributed by atoms with Gasteiger partial charge in [0.25, 0.3) is 6.01 Å². The van der Waals surface area contributed by atoms with Crippen LogP contribution in [0.3, 0.4) is 0 Å². The van der Waals surface area contributed by atoms with Gasteiger partial charge in [0.15, 0.2) is 0 Å². The normalized spacial score (nSPS) is 20.8. The monoisotopic (exact) mass is 258 g/mol. The van der Waals surface area contributed by atoms with E-state index in [0.717, 1.165) is 44.7 Å². The number of ether oxygens (including phenoxy) is 1. The molecular formula is C12H19ClN2O2. The molecule has 0 saturated carbocycles. The van der Waals surface area contributed by atoms with Crippen LogP contribution in [0, 0.1) is 0 Å². The summed E-state index contributed by atoms with van der Waals surface area (Å²) in [5.41, 5.74) is 0.790. The van der Waals surface area contributed by atoms with Crippen molar-refractivity contribution in [3.05, 3.63) is 12.0 Å². The van der Waals surface area contributed by atoms with Crippen molar-refractivity contribution in [3.8, 4) is 0 Å². The Labute approximate surface area is 107 Å². The van der Waals surface area contributed by atoms with Gasteiger partial charge in [-0.15, -0.1) is 11.6 Å². The quantitative estimate of drug-likeness (QED) is 0.762. The summed E-state index contributed by atoms with van der Waals surface area (Å²) < 4.78 is 11.2.